The van der Waals surface area contributed by atoms with Crippen molar-refractivity contribution in [2.24, 2.45) is 11.8 Å². The summed E-state index contributed by atoms with van der Waals surface area (Å²) in [5.41, 5.74) is 0.626. The fourth-order valence-corrected chi connectivity index (χ4v) is 2.98. The van der Waals surface area contributed by atoms with Crippen molar-refractivity contribution >= 4 is 11.9 Å². The van der Waals surface area contributed by atoms with E-state index in [1.807, 2.05) is 0 Å². The maximum atomic E-state index is 13.2. The van der Waals surface area contributed by atoms with Crippen LogP contribution in [-0.4, -0.2) is 35.0 Å². The van der Waals surface area contributed by atoms with Crippen molar-refractivity contribution in [1.29, 1.82) is 0 Å². The van der Waals surface area contributed by atoms with Crippen molar-refractivity contribution in [3.8, 4) is 0 Å². The summed E-state index contributed by atoms with van der Waals surface area (Å²) in [6.07, 6.45) is 1.09. The Labute approximate surface area is 120 Å². The number of carboxylic acid groups (broad SMARTS) is 1. The molecule has 0 spiro atoms. The van der Waals surface area contributed by atoms with Gasteiger partial charge in [0.2, 0.25) is 5.91 Å². The molecule has 21 heavy (non-hydrogen) atoms. The number of hydrogen-bond acceptors (Lipinski definition) is 2. The Morgan fingerprint density at radius 2 is 2.00 bits per heavy atom. The van der Waals surface area contributed by atoms with Crippen LogP contribution in [0, 0.1) is 23.5 Å². The van der Waals surface area contributed by atoms with E-state index < -0.39 is 23.5 Å². The number of benzene rings is 1. The Morgan fingerprint density at radius 1 is 1.24 bits per heavy atom. The van der Waals surface area contributed by atoms with E-state index in [1.54, 1.807) is 4.90 Å². The smallest absolute Gasteiger partial charge is 0.308 e. The number of aliphatic carboxylic acids is 1. The molecule has 112 valence electrons. The van der Waals surface area contributed by atoms with Gasteiger partial charge in [-0.2, -0.15) is 0 Å². The largest absolute Gasteiger partial charge is 0.481 e. The van der Waals surface area contributed by atoms with Gasteiger partial charge in [-0.25, -0.2) is 8.78 Å². The monoisotopic (exact) mass is 295 g/mol. The van der Waals surface area contributed by atoms with Gasteiger partial charge in [0.15, 0.2) is 11.6 Å². The average molecular weight is 295 g/mol. The molecule has 1 aliphatic carbocycles. The zero-order valence-electron chi connectivity index (χ0n) is 11.3. The molecular formula is C15H15F2NO3. The summed E-state index contributed by atoms with van der Waals surface area (Å²) < 4.78 is 26.1. The number of carbonyl (C=O) groups is 2. The predicted molar refractivity (Wildman–Crippen MR) is 69.5 cm³/mol. The molecule has 1 saturated carbocycles. The molecule has 0 radical (unpaired) electrons. The standard InChI is InChI=1S/C15H15F2NO3/c16-12-2-1-8(5-13(12)17)10-6-11(10)14(19)18-4-3-9(7-18)15(20)21/h1-2,5,9-11H,3-4,6-7H2,(H,20,21)/t9-,10+,11-/m1/s1. The Kier molecular flexibility index (Phi) is 3.39. The van der Waals surface area contributed by atoms with Gasteiger partial charge in [-0.3, -0.25) is 9.59 Å². The molecule has 6 heteroatoms. The number of amides is 1. The van der Waals surface area contributed by atoms with Crippen molar-refractivity contribution in [2.45, 2.75) is 18.8 Å². The van der Waals surface area contributed by atoms with Gasteiger partial charge in [0.1, 0.15) is 0 Å². The van der Waals surface area contributed by atoms with Crippen LogP contribution in [0.5, 0.6) is 0 Å². The average Bonchev–Trinajstić information content (AvgIpc) is 3.08. The summed E-state index contributed by atoms with van der Waals surface area (Å²) in [6.45, 7) is 0.700. The van der Waals surface area contributed by atoms with Crippen LogP contribution in [0.2, 0.25) is 0 Å². The number of carboxylic acids is 1. The van der Waals surface area contributed by atoms with Crippen LogP contribution in [0.4, 0.5) is 8.78 Å². The Hall–Kier alpha value is -1.98. The maximum Gasteiger partial charge on any atom is 0.308 e. The fourth-order valence-electron chi connectivity index (χ4n) is 2.98. The molecule has 1 N–H and O–H groups in total. The molecule has 1 saturated heterocycles. The Balaban J connectivity index is 1.64. The van der Waals surface area contributed by atoms with Gasteiger partial charge in [0.25, 0.3) is 0 Å². The first-order valence-electron chi connectivity index (χ1n) is 6.94. The van der Waals surface area contributed by atoms with Gasteiger partial charge in [0.05, 0.1) is 5.92 Å². The first-order chi connectivity index (χ1) is 9.97. The topological polar surface area (TPSA) is 57.6 Å². The third-order valence-corrected chi connectivity index (χ3v) is 4.33. The van der Waals surface area contributed by atoms with Crippen molar-refractivity contribution in [3.05, 3.63) is 35.4 Å². The molecule has 1 amide bonds. The van der Waals surface area contributed by atoms with Crippen LogP contribution < -0.4 is 0 Å². The molecule has 1 heterocycles. The SMILES string of the molecule is O=C(O)[C@@H]1CCN(C(=O)[C@@H]2C[C@H]2c2ccc(F)c(F)c2)C1. The van der Waals surface area contributed by atoms with E-state index >= 15 is 0 Å². The lowest BCUT2D eigenvalue weighted by molar-refractivity contribution is -0.141. The highest BCUT2D eigenvalue weighted by Crippen LogP contribution is 2.49. The molecule has 1 aliphatic heterocycles. The third kappa shape index (κ3) is 2.62. The van der Waals surface area contributed by atoms with Crippen LogP contribution in [0.25, 0.3) is 0 Å². The predicted octanol–water partition coefficient (Wildman–Crippen LogP) is 2.00. The van der Waals surface area contributed by atoms with Crippen molar-refractivity contribution in [1.82, 2.24) is 4.90 Å². The number of rotatable bonds is 3. The van der Waals surface area contributed by atoms with Crippen molar-refractivity contribution in [2.75, 3.05) is 13.1 Å². The number of carbonyl (C=O) groups excluding carboxylic acids is 1. The second-order valence-corrected chi connectivity index (χ2v) is 5.73. The summed E-state index contributed by atoms with van der Waals surface area (Å²) in [5.74, 6) is -3.57. The van der Waals surface area contributed by atoms with E-state index in [-0.39, 0.29) is 24.3 Å². The van der Waals surface area contributed by atoms with E-state index in [0.717, 1.165) is 12.1 Å². The van der Waals surface area contributed by atoms with Gasteiger partial charge >= 0.3 is 5.97 Å². The molecule has 1 aromatic carbocycles. The molecule has 0 unspecified atom stereocenters. The number of nitrogens with zero attached hydrogens (tertiary/aromatic N) is 1. The number of halogens is 2. The molecule has 3 rings (SSSR count). The van der Waals surface area contributed by atoms with Crippen LogP contribution in [0.3, 0.4) is 0 Å². The van der Waals surface area contributed by atoms with Gasteiger partial charge in [-0.1, -0.05) is 6.07 Å². The summed E-state index contributed by atoms with van der Waals surface area (Å²) in [4.78, 5) is 24.7. The van der Waals surface area contributed by atoms with Gasteiger partial charge in [0, 0.05) is 19.0 Å². The molecule has 2 aliphatic rings. The fraction of sp³-hybridized carbons (Fsp3) is 0.467. The molecule has 0 aromatic heterocycles. The highest BCUT2D eigenvalue weighted by Gasteiger charge is 2.47. The normalized spacial score (nSPS) is 27.7. The second kappa shape index (κ2) is 5.09. The van der Waals surface area contributed by atoms with E-state index in [1.165, 1.54) is 6.07 Å². The van der Waals surface area contributed by atoms with Gasteiger partial charge in [-0.15, -0.1) is 0 Å². The van der Waals surface area contributed by atoms with Crippen molar-refractivity contribution < 1.29 is 23.5 Å². The summed E-state index contributed by atoms with van der Waals surface area (Å²) >= 11 is 0. The molecule has 0 bridgehead atoms. The minimum absolute atomic E-state index is 0.0755. The Bertz CT molecular complexity index is 605. The van der Waals surface area contributed by atoms with Crippen LogP contribution >= 0.6 is 0 Å². The molecular weight excluding hydrogens is 280 g/mol. The van der Waals surface area contributed by atoms with E-state index in [0.29, 0.717) is 24.9 Å². The first kappa shape index (κ1) is 14.0. The highest BCUT2D eigenvalue weighted by molar-refractivity contribution is 5.84. The first-order valence-corrected chi connectivity index (χ1v) is 6.94. The van der Waals surface area contributed by atoms with E-state index in [4.69, 9.17) is 5.11 Å². The van der Waals surface area contributed by atoms with Crippen molar-refractivity contribution in [3.63, 3.8) is 0 Å². The molecule has 4 nitrogen and oxygen atoms in total. The van der Waals surface area contributed by atoms with Crippen LogP contribution in [-0.2, 0) is 9.59 Å². The lowest BCUT2D eigenvalue weighted by Gasteiger charge is -2.15. The summed E-state index contributed by atoms with van der Waals surface area (Å²) in [7, 11) is 0. The van der Waals surface area contributed by atoms with Crippen LogP contribution in [0.15, 0.2) is 18.2 Å². The van der Waals surface area contributed by atoms with Gasteiger partial charge in [-0.05, 0) is 36.5 Å². The lowest BCUT2D eigenvalue weighted by Crippen LogP contribution is -2.31. The minimum atomic E-state index is -0.905. The number of hydrogen-bond donors (Lipinski definition) is 1. The molecule has 3 atom stereocenters. The summed E-state index contributed by atoms with van der Waals surface area (Å²) in [6, 6.07) is 3.71. The third-order valence-electron chi connectivity index (χ3n) is 4.33. The van der Waals surface area contributed by atoms with Gasteiger partial charge < -0.3 is 10.0 Å². The van der Waals surface area contributed by atoms with E-state index in [2.05, 4.69) is 0 Å². The van der Waals surface area contributed by atoms with E-state index in [9.17, 15) is 18.4 Å². The molecule has 2 fully saturated rings. The maximum absolute atomic E-state index is 13.2. The quantitative estimate of drug-likeness (QED) is 0.928. The highest BCUT2D eigenvalue weighted by atomic mass is 19.2. The molecule has 1 aromatic rings. The number of likely N-dealkylation sites (tertiary alicyclic amines) is 1. The summed E-state index contributed by atoms with van der Waals surface area (Å²) in [5, 5.41) is 8.94. The zero-order chi connectivity index (χ0) is 15.1. The van der Waals surface area contributed by atoms with Crippen LogP contribution in [0.1, 0.15) is 24.3 Å². The lowest BCUT2D eigenvalue weighted by atomic mass is 10.1. The minimum Gasteiger partial charge on any atom is -0.481 e. The Morgan fingerprint density at radius 3 is 2.62 bits per heavy atom. The zero-order valence-corrected chi connectivity index (χ0v) is 11.3. The second-order valence-electron chi connectivity index (χ2n) is 5.73.